The molecule has 3 aromatic carbocycles. The zero-order valence-electron chi connectivity index (χ0n) is 25.3. The third kappa shape index (κ3) is 6.53. The summed E-state index contributed by atoms with van der Waals surface area (Å²) in [5.74, 6) is -2.87. The lowest BCUT2D eigenvalue weighted by molar-refractivity contribution is 0.0696. The van der Waals surface area contributed by atoms with Gasteiger partial charge in [0.15, 0.2) is 5.69 Å². The maximum absolute atomic E-state index is 13.6. The van der Waals surface area contributed by atoms with E-state index in [1.54, 1.807) is 20.8 Å². The standard InChI is InChI=1S/C29H25N5O11S3/c1-13-5-7-19-22(23(13)48(43,44)45)46-25(30-19)14-6-8-18(20(12-14)47(40,41)42)31-32-21-24(29(2,3)4)33-34(26(21)35)17-10-15(27(36)37)9-16(11-17)28(38)39/h5-12,33H,1-4H3,(H,36,37)(H,38,39)(H,40,41,42)(H,43,44,45). The number of nitrogens with zero attached hydrogens (tertiary/aromatic N) is 4. The van der Waals surface area contributed by atoms with E-state index in [1.165, 1.54) is 31.2 Å². The van der Waals surface area contributed by atoms with Gasteiger partial charge in [-0.15, -0.1) is 21.6 Å². The van der Waals surface area contributed by atoms with Crippen LogP contribution in [0.15, 0.2) is 73.3 Å². The van der Waals surface area contributed by atoms with Crippen LogP contribution >= 0.6 is 11.3 Å². The van der Waals surface area contributed by atoms with Crippen molar-refractivity contribution in [2.45, 2.75) is 42.9 Å². The molecule has 0 bridgehead atoms. The molecule has 48 heavy (non-hydrogen) atoms. The van der Waals surface area contributed by atoms with Crippen LogP contribution in [0.1, 0.15) is 52.7 Å². The van der Waals surface area contributed by atoms with Gasteiger partial charge in [-0.2, -0.15) is 16.8 Å². The highest BCUT2D eigenvalue weighted by Crippen LogP contribution is 2.38. The Morgan fingerprint density at radius 2 is 1.52 bits per heavy atom. The van der Waals surface area contributed by atoms with Gasteiger partial charge >= 0.3 is 11.9 Å². The maximum Gasteiger partial charge on any atom is 0.335 e. The van der Waals surface area contributed by atoms with E-state index in [4.69, 9.17) is 0 Å². The summed E-state index contributed by atoms with van der Waals surface area (Å²) in [5, 5.41) is 29.9. The topological polar surface area (TPSA) is 259 Å². The number of aromatic nitrogens is 3. The third-order valence-corrected chi connectivity index (χ3v) is 10.2. The Balaban J connectivity index is 1.65. The molecule has 0 fully saturated rings. The molecule has 2 heterocycles. The monoisotopic (exact) mass is 715 g/mol. The Kier molecular flexibility index (Phi) is 8.47. The highest BCUT2D eigenvalue weighted by Gasteiger charge is 2.27. The molecule has 16 nitrogen and oxygen atoms in total. The van der Waals surface area contributed by atoms with Crippen molar-refractivity contribution in [1.82, 2.24) is 14.8 Å². The summed E-state index contributed by atoms with van der Waals surface area (Å²) >= 11 is 0.864. The van der Waals surface area contributed by atoms with Crippen molar-refractivity contribution in [3.63, 3.8) is 0 Å². The van der Waals surface area contributed by atoms with Crippen LogP contribution in [0.2, 0.25) is 0 Å². The second-order valence-electron chi connectivity index (χ2n) is 11.5. The average molecular weight is 716 g/mol. The number of aryl methyl sites for hydroxylation is 1. The molecule has 0 atom stereocenters. The van der Waals surface area contributed by atoms with E-state index in [0.717, 1.165) is 40.3 Å². The molecule has 0 saturated carbocycles. The first-order valence-electron chi connectivity index (χ1n) is 13.6. The van der Waals surface area contributed by atoms with Crippen molar-refractivity contribution in [3.8, 4) is 16.3 Å². The van der Waals surface area contributed by atoms with Crippen molar-refractivity contribution in [1.29, 1.82) is 0 Å². The second kappa shape index (κ2) is 11.9. The van der Waals surface area contributed by atoms with E-state index in [9.17, 15) is 50.5 Å². The molecule has 0 aliphatic carbocycles. The summed E-state index contributed by atoms with van der Waals surface area (Å²) in [6, 6.07) is 9.67. The number of aromatic carboxylic acids is 2. The number of benzene rings is 3. The van der Waals surface area contributed by atoms with Gasteiger partial charge in [0, 0.05) is 11.0 Å². The van der Waals surface area contributed by atoms with E-state index in [0.29, 0.717) is 0 Å². The van der Waals surface area contributed by atoms with Crippen LogP contribution in [0.3, 0.4) is 0 Å². The summed E-state index contributed by atoms with van der Waals surface area (Å²) in [5.41, 5.74) is -2.51. The van der Waals surface area contributed by atoms with Crippen molar-refractivity contribution >= 4 is 65.1 Å². The quantitative estimate of drug-likeness (QED) is 0.101. The number of azo groups is 1. The fraction of sp³-hybridized carbons (Fsp3) is 0.172. The van der Waals surface area contributed by atoms with Gasteiger partial charge in [-0.25, -0.2) is 19.3 Å². The molecule has 5 N–H and O–H groups in total. The van der Waals surface area contributed by atoms with Crippen LogP contribution in [0, 0.1) is 6.92 Å². The van der Waals surface area contributed by atoms with Crippen molar-refractivity contribution < 1.29 is 45.7 Å². The Morgan fingerprint density at radius 3 is 2.06 bits per heavy atom. The summed E-state index contributed by atoms with van der Waals surface area (Å²) < 4.78 is 69.8. The first-order valence-corrected chi connectivity index (χ1v) is 17.3. The Morgan fingerprint density at radius 1 is 0.896 bits per heavy atom. The molecule has 0 aliphatic rings. The third-order valence-electron chi connectivity index (χ3n) is 7.00. The first-order chi connectivity index (χ1) is 22.2. The number of thiazole rings is 1. The molecule has 2 aromatic heterocycles. The van der Waals surface area contributed by atoms with Gasteiger partial charge in [-0.1, -0.05) is 26.8 Å². The average Bonchev–Trinajstić information content (AvgIpc) is 3.55. The molecule has 19 heteroatoms. The molecular formula is C29H25N5O11S3. The largest absolute Gasteiger partial charge is 0.478 e. The van der Waals surface area contributed by atoms with Gasteiger partial charge in [-0.05, 0) is 55.0 Å². The number of fused-ring (bicyclic) bond motifs is 1. The van der Waals surface area contributed by atoms with E-state index in [-0.39, 0.29) is 54.0 Å². The predicted octanol–water partition coefficient (Wildman–Crippen LogP) is 5.35. The molecule has 0 radical (unpaired) electrons. The van der Waals surface area contributed by atoms with E-state index in [1.807, 2.05) is 0 Å². The van der Waals surface area contributed by atoms with Gasteiger partial charge in [0.25, 0.3) is 25.8 Å². The molecule has 0 aliphatic heterocycles. The van der Waals surface area contributed by atoms with Gasteiger partial charge in [0.1, 0.15) is 20.5 Å². The molecular weight excluding hydrogens is 691 g/mol. The minimum absolute atomic E-state index is 0.129. The van der Waals surface area contributed by atoms with Gasteiger partial charge in [-0.3, -0.25) is 19.0 Å². The van der Waals surface area contributed by atoms with Crippen LogP contribution in [0.5, 0.6) is 0 Å². The number of nitrogens with one attached hydrogen (secondary N) is 1. The molecule has 0 spiro atoms. The summed E-state index contributed by atoms with van der Waals surface area (Å²) in [4.78, 5) is 40.2. The van der Waals surface area contributed by atoms with Crippen LogP contribution in [-0.4, -0.2) is 62.9 Å². The molecule has 0 unspecified atom stereocenters. The highest BCUT2D eigenvalue weighted by atomic mass is 32.2. The molecule has 0 saturated heterocycles. The van der Waals surface area contributed by atoms with Crippen molar-refractivity contribution in [3.05, 3.63) is 81.3 Å². The Labute approximate surface area is 275 Å². The number of aromatic amines is 1. The van der Waals surface area contributed by atoms with Crippen LogP contribution < -0.4 is 5.56 Å². The van der Waals surface area contributed by atoms with Crippen LogP contribution in [0.4, 0.5) is 11.4 Å². The summed E-state index contributed by atoms with van der Waals surface area (Å²) in [7, 11) is -9.59. The number of rotatable bonds is 8. The predicted molar refractivity (Wildman–Crippen MR) is 173 cm³/mol. The minimum atomic E-state index is -4.96. The maximum atomic E-state index is 13.6. The Bertz CT molecular complexity index is 2460. The zero-order valence-corrected chi connectivity index (χ0v) is 27.7. The van der Waals surface area contributed by atoms with Crippen LogP contribution in [-0.2, 0) is 25.7 Å². The van der Waals surface area contributed by atoms with Gasteiger partial charge < -0.3 is 10.2 Å². The van der Waals surface area contributed by atoms with E-state index >= 15 is 0 Å². The van der Waals surface area contributed by atoms with E-state index < -0.39 is 59.2 Å². The molecule has 5 rings (SSSR count). The second-order valence-corrected chi connectivity index (χ2v) is 15.3. The van der Waals surface area contributed by atoms with Gasteiger partial charge in [0.2, 0.25) is 0 Å². The van der Waals surface area contributed by atoms with Crippen molar-refractivity contribution in [2.24, 2.45) is 10.2 Å². The van der Waals surface area contributed by atoms with Gasteiger partial charge in [0.05, 0.1) is 32.7 Å². The Hall–Kier alpha value is -5.08. The highest BCUT2D eigenvalue weighted by molar-refractivity contribution is 7.86. The smallest absolute Gasteiger partial charge is 0.335 e. The normalized spacial score (nSPS) is 12.6. The number of hydrogen-bond donors (Lipinski definition) is 5. The zero-order chi connectivity index (χ0) is 35.5. The SMILES string of the molecule is Cc1ccc2nc(-c3ccc(N=Nc4c(C(C)(C)C)[nH]n(-c5cc(C(=O)O)cc(C(=O)O)c5)c4=O)c(S(=O)(=O)O)c3)sc2c1S(=O)(=O)O. The number of carboxylic acid groups (broad SMARTS) is 2. The number of H-pyrrole nitrogens is 1. The molecule has 250 valence electrons. The lowest BCUT2D eigenvalue weighted by Gasteiger charge is -2.16. The number of carboxylic acids is 2. The minimum Gasteiger partial charge on any atom is -0.478 e. The molecule has 0 amide bonds. The fourth-order valence-electron chi connectivity index (χ4n) is 4.76. The lowest BCUT2D eigenvalue weighted by atomic mass is 9.91. The molecule has 5 aromatic rings. The lowest BCUT2D eigenvalue weighted by Crippen LogP contribution is -2.16. The van der Waals surface area contributed by atoms with E-state index in [2.05, 4.69) is 20.3 Å². The van der Waals surface area contributed by atoms with Crippen LogP contribution in [0.25, 0.3) is 26.5 Å². The summed E-state index contributed by atoms with van der Waals surface area (Å²) in [6.45, 7) is 6.62. The summed E-state index contributed by atoms with van der Waals surface area (Å²) in [6.07, 6.45) is 0. The van der Waals surface area contributed by atoms with Crippen molar-refractivity contribution in [2.75, 3.05) is 0 Å². The number of hydrogen-bond acceptors (Lipinski definition) is 11. The fourth-order valence-corrected chi connectivity index (χ4v) is 7.72. The number of carbonyl (C=O) groups is 2. The first kappa shape index (κ1) is 34.3.